The Labute approximate surface area is 107 Å². The number of imidazole rings is 1. The minimum Gasteiger partial charge on any atom is -0.508 e. The molecule has 2 aromatic rings. The summed E-state index contributed by atoms with van der Waals surface area (Å²) in [6.45, 7) is 1.34. The Morgan fingerprint density at radius 1 is 1.06 bits per heavy atom. The van der Waals surface area contributed by atoms with Crippen LogP contribution in [0.2, 0.25) is 0 Å². The normalized spacial score (nSPS) is 9.67. The van der Waals surface area contributed by atoms with Crippen molar-refractivity contribution >= 4 is 0 Å². The second kappa shape index (κ2) is 8.27. The van der Waals surface area contributed by atoms with Crippen molar-refractivity contribution in [1.29, 1.82) is 0 Å². The van der Waals surface area contributed by atoms with E-state index in [0.29, 0.717) is 18.8 Å². The van der Waals surface area contributed by atoms with Gasteiger partial charge < -0.3 is 21.6 Å². The van der Waals surface area contributed by atoms with Gasteiger partial charge in [-0.25, -0.2) is 4.98 Å². The standard InChI is InChI=1S/C8H11NO.C5H9N3/c9-6-5-7-1-3-8(10)4-2-7;6-2-1-5-3-7-4-8-5/h1-4,10H,5-6,9H2;3-4H,1-2,6H2,(H,7,8). The predicted molar refractivity (Wildman–Crippen MR) is 72.2 cm³/mol. The Hall–Kier alpha value is -1.85. The van der Waals surface area contributed by atoms with Crippen molar-refractivity contribution in [2.75, 3.05) is 13.1 Å². The van der Waals surface area contributed by atoms with E-state index in [1.165, 1.54) is 5.56 Å². The zero-order valence-electron chi connectivity index (χ0n) is 10.3. The number of nitrogens with one attached hydrogen (secondary N) is 1. The lowest BCUT2D eigenvalue weighted by Crippen LogP contribution is -2.02. The summed E-state index contributed by atoms with van der Waals surface area (Å²) in [7, 11) is 0. The topological polar surface area (TPSA) is 101 Å². The fourth-order valence-electron chi connectivity index (χ4n) is 1.41. The molecule has 0 unspecified atom stereocenters. The molecular formula is C13H20N4O. The van der Waals surface area contributed by atoms with Crippen molar-refractivity contribution in [2.45, 2.75) is 12.8 Å². The number of hydrogen-bond donors (Lipinski definition) is 4. The number of phenolic OH excluding ortho intramolecular Hbond substituents is 1. The van der Waals surface area contributed by atoms with Crippen molar-refractivity contribution in [1.82, 2.24) is 9.97 Å². The van der Waals surface area contributed by atoms with Crippen LogP contribution in [0.4, 0.5) is 0 Å². The van der Waals surface area contributed by atoms with E-state index in [1.807, 2.05) is 12.1 Å². The summed E-state index contributed by atoms with van der Waals surface area (Å²) in [6.07, 6.45) is 5.21. The minimum atomic E-state index is 0.306. The molecule has 1 aromatic heterocycles. The highest BCUT2D eigenvalue weighted by atomic mass is 16.3. The molecule has 0 aliphatic rings. The van der Waals surface area contributed by atoms with E-state index in [4.69, 9.17) is 16.6 Å². The SMILES string of the molecule is NCCc1ccc(O)cc1.NCCc1cnc[nH]1. The summed E-state index contributed by atoms with van der Waals surface area (Å²) in [5.74, 6) is 0.306. The Morgan fingerprint density at radius 2 is 1.72 bits per heavy atom. The largest absolute Gasteiger partial charge is 0.508 e. The maximum absolute atomic E-state index is 8.89. The van der Waals surface area contributed by atoms with Crippen LogP contribution in [0.3, 0.4) is 0 Å². The zero-order valence-corrected chi connectivity index (χ0v) is 10.3. The first kappa shape index (κ1) is 14.2. The number of phenols is 1. The fraction of sp³-hybridized carbons (Fsp3) is 0.308. The number of hydrogen-bond acceptors (Lipinski definition) is 4. The van der Waals surface area contributed by atoms with E-state index < -0.39 is 0 Å². The van der Waals surface area contributed by atoms with Crippen LogP contribution in [0.1, 0.15) is 11.3 Å². The molecule has 0 radical (unpaired) electrons. The van der Waals surface area contributed by atoms with Crippen molar-refractivity contribution < 1.29 is 5.11 Å². The first-order chi connectivity index (χ1) is 8.76. The Kier molecular flexibility index (Phi) is 6.53. The summed E-state index contributed by atoms with van der Waals surface area (Å²) in [5.41, 5.74) is 12.9. The number of aromatic hydroxyl groups is 1. The third-order valence-electron chi connectivity index (χ3n) is 2.34. The van der Waals surface area contributed by atoms with Gasteiger partial charge in [-0.15, -0.1) is 0 Å². The lowest BCUT2D eigenvalue weighted by atomic mass is 10.1. The van der Waals surface area contributed by atoms with Crippen LogP contribution >= 0.6 is 0 Å². The van der Waals surface area contributed by atoms with Gasteiger partial charge in [0, 0.05) is 18.3 Å². The van der Waals surface area contributed by atoms with E-state index >= 15 is 0 Å². The molecule has 0 aliphatic carbocycles. The van der Waals surface area contributed by atoms with Gasteiger partial charge in [-0.05, 0) is 37.2 Å². The van der Waals surface area contributed by atoms with E-state index in [0.717, 1.165) is 18.5 Å². The van der Waals surface area contributed by atoms with Gasteiger partial charge in [0.05, 0.1) is 6.33 Å². The van der Waals surface area contributed by atoms with Gasteiger partial charge in [-0.1, -0.05) is 12.1 Å². The smallest absolute Gasteiger partial charge is 0.115 e. The number of nitrogens with zero attached hydrogens (tertiary/aromatic N) is 1. The molecule has 5 nitrogen and oxygen atoms in total. The molecule has 0 aliphatic heterocycles. The van der Waals surface area contributed by atoms with Crippen molar-refractivity contribution in [3.63, 3.8) is 0 Å². The highest BCUT2D eigenvalue weighted by Crippen LogP contribution is 2.09. The van der Waals surface area contributed by atoms with Crippen LogP contribution in [0, 0.1) is 0 Å². The van der Waals surface area contributed by atoms with Crippen molar-refractivity contribution in [3.05, 3.63) is 48.0 Å². The molecule has 0 amide bonds. The first-order valence-electron chi connectivity index (χ1n) is 5.91. The molecule has 18 heavy (non-hydrogen) atoms. The van der Waals surface area contributed by atoms with Gasteiger partial charge in [-0.3, -0.25) is 0 Å². The zero-order chi connectivity index (χ0) is 13.2. The third-order valence-corrected chi connectivity index (χ3v) is 2.34. The summed E-state index contributed by atoms with van der Waals surface area (Å²) in [4.78, 5) is 6.78. The maximum atomic E-state index is 8.89. The molecular weight excluding hydrogens is 228 g/mol. The van der Waals surface area contributed by atoms with Gasteiger partial charge in [0.25, 0.3) is 0 Å². The molecule has 1 aromatic carbocycles. The lowest BCUT2D eigenvalue weighted by molar-refractivity contribution is 0.475. The molecule has 2 rings (SSSR count). The van der Waals surface area contributed by atoms with E-state index in [1.54, 1.807) is 24.7 Å². The molecule has 0 bridgehead atoms. The summed E-state index contributed by atoms with van der Waals surface area (Å²) in [5, 5.41) is 8.89. The predicted octanol–water partition coefficient (Wildman–Crippen LogP) is 0.804. The average molecular weight is 248 g/mol. The Morgan fingerprint density at radius 3 is 2.22 bits per heavy atom. The molecule has 0 atom stereocenters. The quantitative estimate of drug-likeness (QED) is 0.643. The molecule has 0 saturated heterocycles. The summed E-state index contributed by atoms with van der Waals surface area (Å²) in [6, 6.07) is 7.10. The van der Waals surface area contributed by atoms with Crippen LogP contribution in [-0.2, 0) is 12.8 Å². The number of aromatic nitrogens is 2. The van der Waals surface area contributed by atoms with E-state index in [-0.39, 0.29) is 0 Å². The molecule has 0 saturated carbocycles. The lowest BCUT2D eigenvalue weighted by Gasteiger charge is -1.96. The molecule has 0 fully saturated rings. The molecule has 98 valence electrons. The molecule has 5 heteroatoms. The second-order valence-electron chi connectivity index (χ2n) is 3.82. The minimum absolute atomic E-state index is 0.306. The highest BCUT2D eigenvalue weighted by molar-refractivity contribution is 5.25. The monoisotopic (exact) mass is 248 g/mol. The highest BCUT2D eigenvalue weighted by Gasteiger charge is 1.89. The van der Waals surface area contributed by atoms with Crippen LogP contribution in [-0.4, -0.2) is 28.2 Å². The van der Waals surface area contributed by atoms with Crippen LogP contribution in [0.25, 0.3) is 0 Å². The van der Waals surface area contributed by atoms with Gasteiger partial charge in [0.15, 0.2) is 0 Å². The van der Waals surface area contributed by atoms with Crippen LogP contribution < -0.4 is 11.5 Å². The maximum Gasteiger partial charge on any atom is 0.115 e. The third kappa shape index (κ3) is 5.47. The van der Waals surface area contributed by atoms with Crippen molar-refractivity contribution in [3.8, 4) is 5.75 Å². The van der Waals surface area contributed by atoms with Gasteiger partial charge in [0.1, 0.15) is 5.75 Å². The molecule has 1 heterocycles. The fourth-order valence-corrected chi connectivity index (χ4v) is 1.41. The van der Waals surface area contributed by atoms with Crippen LogP contribution in [0.5, 0.6) is 5.75 Å². The van der Waals surface area contributed by atoms with Gasteiger partial charge >= 0.3 is 0 Å². The van der Waals surface area contributed by atoms with Gasteiger partial charge in [0.2, 0.25) is 0 Å². The van der Waals surface area contributed by atoms with E-state index in [9.17, 15) is 0 Å². The Balaban J connectivity index is 0.000000184. The van der Waals surface area contributed by atoms with Crippen LogP contribution in [0.15, 0.2) is 36.8 Å². The average Bonchev–Trinajstić information content (AvgIpc) is 2.87. The number of H-pyrrole nitrogens is 1. The van der Waals surface area contributed by atoms with E-state index in [2.05, 4.69) is 9.97 Å². The summed E-state index contributed by atoms with van der Waals surface area (Å²) >= 11 is 0. The van der Waals surface area contributed by atoms with Gasteiger partial charge in [-0.2, -0.15) is 0 Å². The molecule has 0 spiro atoms. The number of benzene rings is 1. The van der Waals surface area contributed by atoms with Crippen molar-refractivity contribution in [2.24, 2.45) is 11.5 Å². The first-order valence-corrected chi connectivity index (χ1v) is 5.91. The number of nitrogens with two attached hydrogens (primary N) is 2. The Bertz CT molecular complexity index is 411. The number of rotatable bonds is 4. The number of aromatic amines is 1. The second-order valence-corrected chi connectivity index (χ2v) is 3.82. The summed E-state index contributed by atoms with van der Waals surface area (Å²) < 4.78 is 0. The molecule has 6 N–H and O–H groups in total.